The molecule has 24 heavy (non-hydrogen) atoms. The third kappa shape index (κ3) is 5.43. The van der Waals surface area contributed by atoms with Crippen LogP contribution in [0.2, 0.25) is 0 Å². The molecular formula is C16H28ClN5O2. The fourth-order valence-electron chi connectivity index (χ4n) is 3.64. The topological polar surface area (TPSA) is 97.3 Å². The minimum Gasteiger partial charge on any atom is -0.353 e. The molecule has 3 N–H and O–H groups in total. The van der Waals surface area contributed by atoms with Crippen molar-refractivity contribution in [1.82, 2.24) is 20.4 Å². The van der Waals surface area contributed by atoms with Gasteiger partial charge in [0.2, 0.25) is 11.8 Å². The predicted octanol–water partition coefficient (Wildman–Crippen LogP) is 1.61. The zero-order valence-electron chi connectivity index (χ0n) is 14.1. The second-order valence-electron chi connectivity index (χ2n) is 6.78. The number of nitrogens with one attached hydrogen (secondary N) is 1. The van der Waals surface area contributed by atoms with Crippen molar-refractivity contribution < 1.29 is 9.32 Å². The van der Waals surface area contributed by atoms with E-state index in [1.165, 1.54) is 25.7 Å². The number of carbonyl (C=O) groups excluding carboxylic acids is 1. The summed E-state index contributed by atoms with van der Waals surface area (Å²) in [6.07, 6.45) is 7.71. The van der Waals surface area contributed by atoms with Gasteiger partial charge in [0.15, 0.2) is 5.82 Å². The molecule has 2 fully saturated rings. The van der Waals surface area contributed by atoms with Crippen LogP contribution in [0.5, 0.6) is 0 Å². The molecule has 2 aliphatic rings. The molecule has 7 nitrogen and oxygen atoms in total. The first-order valence-electron chi connectivity index (χ1n) is 8.76. The SMILES string of the molecule is Cl.NCc1nc(CN2CCC(NC(=O)CC3CCCC3)CC2)no1. The van der Waals surface area contributed by atoms with Gasteiger partial charge in [-0.2, -0.15) is 4.98 Å². The highest BCUT2D eigenvalue weighted by molar-refractivity contribution is 5.85. The summed E-state index contributed by atoms with van der Waals surface area (Å²) in [5.74, 6) is 2.02. The van der Waals surface area contributed by atoms with Crippen LogP contribution in [0.3, 0.4) is 0 Å². The van der Waals surface area contributed by atoms with Gasteiger partial charge >= 0.3 is 0 Å². The summed E-state index contributed by atoms with van der Waals surface area (Å²) in [7, 11) is 0. The molecule has 3 rings (SSSR count). The van der Waals surface area contributed by atoms with Gasteiger partial charge < -0.3 is 15.6 Å². The number of hydrogen-bond acceptors (Lipinski definition) is 6. The van der Waals surface area contributed by atoms with Gasteiger partial charge in [0, 0.05) is 25.6 Å². The summed E-state index contributed by atoms with van der Waals surface area (Å²) < 4.78 is 5.02. The van der Waals surface area contributed by atoms with Gasteiger partial charge in [0.1, 0.15) is 0 Å². The van der Waals surface area contributed by atoms with Crippen molar-refractivity contribution in [2.45, 2.75) is 64.1 Å². The Labute approximate surface area is 149 Å². The number of likely N-dealkylation sites (tertiary alicyclic amines) is 1. The predicted molar refractivity (Wildman–Crippen MR) is 92.5 cm³/mol. The highest BCUT2D eigenvalue weighted by atomic mass is 35.5. The largest absolute Gasteiger partial charge is 0.353 e. The number of nitrogens with zero attached hydrogens (tertiary/aromatic N) is 3. The monoisotopic (exact) mass is 357 g/mol. The van der Waals surface area contributed by atoms with Gasteiger partial charge in [-0.15, -0.1) is 12.4 Å². The van der Waals surface area contributed by atoms with Crippen molar-refractivity contribution in [3.8, 4) is 0 Å². The van der Waals surface area contributed by atoms with Crippen LogP contribution in [0.15, 0.2) is 4.52 Å². The number of aromatic nitrogens is 2. The number of piperidine rings is 1. The molecule has 1 saturated carbocycles. The molecule has 0 unspecified atom stereocenters. The van der Waals surface area contributed by atoms with E-state index >= 15 is 0 Å². The van der Waals surface area contributed by atoms with Gasteiger partial charge in [-0.1, -0.05) is 18.0 Å². The van der Waals surface area contributed by atoms with E-state index in [9.17, 15) is 4.79 Å². The van der Waals surface area contributed by atoms with Gasteiger partial charge in [0.05, 0.1) is 13.1 Å². The molecular weight excluding hydrogens is 330 g/mol. The zero-order chi connectivity index (χ0) is 16.1. The average Bonchev–Trinajstić information content (AvgIpc) is 3.21. The molecule has 2 heterocycles. The van der Waals surface area contributed by atoms with Crippen molar-refractivity contribution in [2.75, 3.05) is 13.1 Å². The van der Waals surface area contributed by atoms with Crippen LogP contribution in [0.1, 0.15) is 56.7 Å². The van der Waals surface area contributed by atoms with Crippen LogP contribution in [-0.2, 0) is 17.9 Å². The summed E-state index contributed by atoms with van der Waals surface area (Å²) in [6, 6.07) is 0.310. The van der Waals surface area contributed by atoms with Gasteiger partial charge in [0.25, 0.3) is 0 Å². The van der Waals surface area contributed by atoms with Gasteiger partial charge in [-0.25, -0.2) is 0 Å². The van der Waals surface area contributed by atoms with E-state index in [0.29, 0.717) is 36.6 Å². The Hall–Kier alpha value is -1.18. The zero-order valence-corrected chi connectivity index (χ0v) is 14.9. The molecule has 0 radical (unpaired) electrons. The van der Waals surface area contributed by atoms with Crippen LogP contribution >= 0.6 is 12.4 Å². The van der Waals surface area contributed by atoms with E-state index in [1.54, 1.807) is 0 Å². The Morgan fingerprint density at radius 2 is 1.96 bits per heavy atom. The summed E-state index contributed by atoms with van der Waals surface area (Å²) >= 11 is 0. The molecule has 8 heteroatoms. The second kappa shape index (κ2) is 9.34. The van der Waals surface area contributed by atoms with E-state index in [1.807, 2.05) is 0 Å². The molecule has 0 spiro atoms. The lowest BCUT2D eigenvalue weighted by Crippen LogP contribution is -2.44. The van der Waals surface area contributed by atoms with E-state index < -0.39 is 0 Å². The molecule has 1 aromatic rings. The quantitative estimate of drug-likeness (QED) is 0.802. The summed E-state index contributed by atoms with van der Waals surface area (Å²) in [6.45, 7) is 2.86. The molecule has 1 amide bonds. The van der Waals surface area contributed by atoms with E-state index in [-0.39, 0.29) is 24.9 Å². The lowest BCUT2D eigenvalue weighted by Gasteiger charge is -2.31. The van der Waals surface area contributed by atoms with Crippen molar-refractivity contribution in [3.63, 3.8) is 0 Å². The minimum absolute atomic E-state index is 0. The maximum atomic E-state index is 12.1. The Bertz CT molecular complexity index is 510. The molecule has 1 saturated heterocycles. The molecule has 0 bridgehead atoms. The second-order valence-corrected chi connectivity index (χ2v) is 6.78. The number of carbonyl (C=O) groups is 1. The number of nitrogens with two attached hydrogens (primary N) is 1. The van der Waals surface area contributed by atoms with Crippen LogP contribution in [-0.4, -0.2) is 40.1 Å². The maximum absolute atomic E-state index is 12.1. The number of hydrogen-bond donors (Lipinski definition) is 2. The summed E-state index contributed by atoms with van der Waals surface area (Å²) in [5.41, 5.74) is 5.47. The van der Waals surface area contributed by atoms with Crippen molar-refractivity contribution >= 4 is 18.3 Å². The van der Waals surface area contributed by atoms with Crippen molar-refractivity contribution in [3.05, 3.63) is 11.7 Å². The van der Waals surface area contributed by atoms with Crippen LogP contribution in [0.4, 0.5) is 0 Å². The first-order valence-corrected chi connectivity index (χ1v) is 8.76. The highest BCUT2D eigenvalue weighted by Crippen LogP contribution is 2.27. The van der Waals surface area contributed by atoms with E-state index in [4.69, 9.17) is 10.3 Å². The van der Waals surface area contributed by atoms with Gasteiger partial charge in [-0.05, 0) is 31.6 Å². The normalized spacial score (nSPS) is 20.0. The van der Waals surface area contributed by atoms with Gasteiger partial charge in [-0.3, -0.25) is 9.69 Å². The first-order chi connectivity index (χ1) is 11.2. The molecule has 0 atom stereocenters. The average molecular weight is 358 g/mol. The smallest absolute Gasteiger partial charge is 0.240 e. The minimum atomic E-state index is 0. The Morgan fingerprint density at radius 1 is 1.25 bits per heavy atom. The fraction of sp³-hybridized carbons (Fsp3) is 0.812. The number of amides is 1. The Kier molecular flexibility index (Phi) is 7.45. The first kappa shape index (κ1) is 19.1. The van der Waals surface area contributed by atoms with Crippen LogP contribution < -0.4 is 11.1 Å². The molecule has 136 valence electrons. The molecule has 0 aromatic carbocycles. The third-order valence-corrected chi connectivity index (χ3v) is 4.95. The Morgan fingerprint density at radius 3 is 2.58 bits per heavy atom. The molecule has 1 aliphatic carbocycles. The maximum Gasteiger partial charge on any atom is 0.240 e. The number of rotatable bonds is 6. The molecule has 1 aromatic heterocycles. The van der Waals surface area contributed by atoms with Crippen molar-refractivity contribution in [2.24, 2.45) is 11.7 Å². The standard InChI is InChI=1S/C16H27N5O2.ClH/c17-10-16-19-14(20-23-16)11-21-7-5-13(6-8-21)18-15(22)9-12-3-1-2-4-12;/h12-13H,1-11,17H2,(H,18,22);1H. The van der Waals surface area contributed by atoms with Crippen molar-refractivity contribution in [1.29, 1.82) is 0 Å². The Balaban J connectivity index is 0.00000208. The van der Waals surface area contributed by atoms with E-state index in [2.05, 4.69) is 20.4 Å². The lowest BCUT2D eigenvalue weighted by atomic mass is 10.0. The van der Waals surface area contributed by atoms with Crippen LogP contribution in [0.25, 0.3) is 0 Å². The number of halogens is 1. The molecule has 1 aliphatic heterocycles. The summed E-state index contributed by atoms with van der Waals surface area (Å²) in [4.78, 5) is 18.6. The van der Waals surface area contributed by atoms with E-state index in [0.717, 1.165) is 25.9 Å². The fourth-order valence-corrected chi connectivity index (χ4v) is 3.64. The highest BCUT2D eigenvalue weighted by Gasteiger charge is 2.24. The summed E-state index contributed by atoms with van der Waals surface area (Å²) in [5, 5.41) is 7.14. The van der Waals surface area contributed by atoms with Crippen LogP contribution in [0, 0.1) is 5.92 Å². The lowest BCUT2D eigenvalue weighted by molar-refractivity contribution is -0.123. The third-order valence-electron chi connectivity index (χ3n) is 4.95.